The molecule has 0 spiro atoms. The number of guanidine groups is 3. The lowest BCUT2D eigenvalue weighted by molar-refractivity contribution is 0.858. The Labute approximate surface area is 406 Å². The van der Waals surface area contributed by atoms with Crippen LogP contribution in [0.3, 0.4) is 0 Å². The van der Waals surface area contributed by atoms with E-state index in [-0.39, 0.29) is 57.9 Å². The van der Waals surface area contributed by atoms with Crippen molar-refractivity contribution < 1.29 is 0 Å². The number of pyridine rings is 2. The van der Waals surface area contributed by atoms with Gasteiger partial charge in [0.2, 0.25) is 17.9 Å². The normalized spacial score (nSPS) is 10.8. The standard InChI is InChI=1S/C9H13N.C8H12N2.C8H11N.C7H14N4.C6H14N4.C5H12N4.7CH4/c1-7(2)8-4-3-5-9(10)6-8;1-6(2)7-3-4-10-8(9)5-7;1-7(2)8-4-3-5-9-6-8;1-6(2)5-10-11-7-8-3-4-9-7;1-5(2)4-9-10-6(7)8-3;1-4(2)3-8-9-5(6)7;;;;;;;/h3-7H,10H2,1-2H3;3-6H,1-2H3,(H2,9,10);3-7H,1-2H3;5-6H,3-4H2,1-2H3,(H2,8,9,11);4-5H,1-3H3,(H3,7,8,10);3-4H,1-2H3,(H4,6,7,9);7*1H4/b;;;10-5+;9-4+;8-3+;;;;;;;. The van der Waals surface area contributed by atoms with Crippen LogP contribution < -0.4 is 44.5 Å². The molecule has 13 N–H and O–H groups in total. The molecular weight excluding hydrogens is 825 g/mol. The van der Waals surface area contributed by atoms with Crippen molar-refractivity contribution in [1.29, 1.82) is 5.41 Å². The lowest BCUT2D eigenvalue weighted by Gasteiger charge is -2.04. The summed E-state index contributed by atoms with van der Waals surface area (Å²) >= 11 is 0. The van der Waals surface area contributed by atoms with Crippen molar-refractivity contribution in [3.63, 3.8) is 0 Å². The molecule has 0 atom stereocenters. The summed E-state index contributed by atoms with van der Waals surface area (Å²) in [7, 11) is 1.60. The molecule has 384 valence electrons. The minimum Gasteiger partial charge on any atom is -0.399 e. The maximum absolute atomic E-state index is 6.69. The highest BCUT2D eigenvalue weighted by Gasteiger charge is 2.01. The van der Waals surface area contributed by atoms with Crippen molar-refractivity contribution in [3.05, 3.63) is 83.8 Å². The van der Waals surface area contributed by atoms with Crippen molar-refractivity contribution in [2.45, 2.75) is 153 Å². The molecule has 0 aliphatic carbocycles. The van der Waals surface area contributed by atoms with E-state index in [1.165, 1.54) is 16.7 Å². The number of nitrogens with zero attached hydrogens (tertiary/aromatic N) is 7. The first kappa shape index (κ1) is 80.2. The van der Waals surface area contributed by atoms with Crippen LogP contribution in [-0.2, 0) is 0 Å². The van der Waals surface area contributed by atoms with E-state index >= 15 is 0 Å². The van der Waals surface area contributed by atoms with Crippen LogP contribution in [0.2, 0.25) is 0 Å². The predicted octanol–water partition coefficient (Wildman–Crippen LogP) is 11.3. The molecule has 0 fully saturated rings. The maximum atomic E-state index is 6.69. The highest BCUT2D eigenvalue weighted by atomic mass is 15.4. The van der Waals surface area contributed by atoms with E-state index in [0.717, 1.165) is 24.7 Å². The highest BCUT2D eigenvalue weighted by molar-refractivity contribution is 5.81. The summed E-state index contributed by atoms with van der Waals surface area (Å²) in [5.41, 5.74) is 33.7. The van der Waals surface area contributed by atoms with Crippen LogP contribution >= 0.6 is 0 Å². The fraction of sp³-hybridized carbons (Fsp3) is 0.560. The van der Waals surface area contributed by atoms with Crippen LogP contribution in [0, 0.1) is 23.2 Å². The largest absolute Gasteiger partial charge is 0.399 e. The topological polar surface area (TPSA) is 264 Å². The Morgan fingerprint density at radius 3 is 1.48 bits per heavy atom. The number of benzene rings is 1. The fourth-order valence-electron chi connectivity index (χ4n) is 3.74. The summed E-state index contributed by atoms with van der Waals surface area (Å²) in [6, 6.07) is 16.0. The van der Waals surface area contributed by atoms with Crippen LogP contribution in [-0.4, -0.2) is 66.6 Å². The third kappa shape index (κ3) is 50.6. The van der Waals surface area contributed by atoms with Crippen molar-refractivity contribution in [2.24, 2.45) is 54.5 Å². The number of aliphatic imine (C=N–C) groups is 2. The second-order valence-electron chi connectivity index (χ2n) is 15.0. The van der Waals surface area contributed by atoms with Gasteiger partial charge in [-0.25, -0.2) is 26.3 Å². The lowest BCUT2D eigenvalue weighted by Crippen LogP contribution is -2.30. The highest BCUT2D eigenvalue weighted by Crippen LogP contribution is 2.16. The summed E-state index contributed by atoms with van der Waals surface area (Å²) in [5.74, 6) is 4.57. The van der Waals surface area contributed by atoms with Crippen molar-refractivity contribution in [1.82, 2.24) is 31.6 Å². The molecule has 3 aromatic rings. The number of nitrogens with one attached hydrogen (secondary N) is 5. The monoisotopic (exact) mass is 929 g/mol. The van der Waals surface area contributed by atoms with E-state index in [1.807, 2.05) is 76.5 Å². The zero-order chi connectivity index (χ0) is 45.2. The second-order valence-corrected chi connectivity index (χ2v) is 15.0. The molecule has 0 unspecified atom stereocenters. The molecule has 0 radical (unpaired) electrons. The van der Waals surface area contributed by atoms with Gasteiger partial charge in [0, 0.05) is 56.5 Å². The summed E-state index contributed by atoms with van der Waals surface area (Å²) in [4.78, 5) is 15.7. The molecule has 66 heavy (non-hydrogen) atoms. The predicted molar refractivity (Wildman–Crippen MR) is 302 cm³/mol. The molecule has 3 heterocycles. The second kappa shape index (κ2) is 49.9. The molecule has 16 heteroatoms. The lowest BCUT2D eigenvalue weighted by atomic mass is 10.0. The molecule has 16 nitrogen and oxygen atoms in total. The quantitative estimate of drug-likeness (QED) is 0.0424. The summed E-state index contributed by atoms with van der Waals surface area (Å²) in [6.45, 7) is 26.9. The van der Waals surface area contributed by atoms with Gasteiger partial charge in [-0.2, -0.15) is 15.3 Å². The molecule has 0 amide bonds. The van der Waals surface area contributed by atoms with E-state index in [0.29, 0.717) is 47.3 Å². The number of nitrogen functional groups attached to an aromatic ring is 2. The van der Waals surface area contributed by atoms with E-state index in [4.69, 9.17) is 28.3 Å². The average molecular weight is 929 g/mol. The molecule has 0 saturated heterocycles. The first-order valence-corrected chi connectivity index (χ1v) is 20.0. The number of hydrogen-bond acceptors (Lipinski definition) is 12. The van der Waals surface area contributed by atoms with Gasteiger partial charge in [-0.3, -0.25) is 15.4 Å². The van der Waals surface area contributed by atoms with E-state index < -0.39 is 0 Å². The van der Waals surface area contributed by atoms with Crippen molar-refractivity contribution in [2.75, 3.05) is 31.6 Å². The minimum absolute atomic E-state index is 0. The van der Waals surface area contributed by atoms with E-state index in [2.05, 4.69) is 124 Å². The third-order valence-electron chi connectivity index (χ3n) is 6.97. The number of hydrazone groups is 3. The molecule has 4 rings (SSSR count). The first-order valence-electron chi connectivity index (χ1n) is 20.0. The van der Waals surface area contributed by atoms with Gasteiger partial charge in [-0.15, -0.1) is 0 Å². The minimum atomic E-state index is -0.132. The van der Waals surface area contributed by atoms with E-state index in [9.17, 15) is 0 Å². The number of aromatic nitrogens is 2. The molecule has 0 saturated carbocycles. The Kier molecular flexibility index (Phi) is 60.7. The van der Waals surface area contributed by atoms with Crippen molar-refractivity contribution in [3.8, 4) is 0 Å². The SMILES string of the molecule is C.C.C.C.C.C.C.CC(C)/C=N/NC(=N)N.CC(C)/C=N/NC1=NCCN1.CC(C)c1cccc(N)c1.CC(C)c1cccnc1.CC(C)c1ccnc(N)c1.CN=C(N)N/N=C/C(C)C. The zero-order valence-corrected chi connectivity index (χ0v) is 37.9. The Balaban J connectivity index is -0.0000000827. The Morgan fingerprint density at radius 2 is 1.14 bits per heavy atom. The summed E-state index contributed by atoms with van der Waals surface area (Å²) < 4.78 is 0. The molecular formula is C50H104N16. The van der Waals surface area contributed by atoms with Crippen LogP contribution in [0.25, 0.3) is 0 Å². The van der Waals surface area contributed by atoms with Gasteiger partial charge in [-0.05, 0) is 82.5 Å². The number of nitrogens with two attached hydrogens (primary N) is 4. The molecule has 1 aliphatic rings. The molecule has 1 aliphatic heterocycles. The summed E-state index contributed by atoms with van der Waals surface area (Å²) in [5, 5.41) is 21.2. The summed E-state index contributed by atoms with van der Waals surface area (Å²) in [6.07, 6.45) is 10.7. The van der Waals surface area contributed by atoms with Gasteiger partial charge in [-0.1, -0.05) is 153 Å². The van der Waals surface area contributed by atoms with Crippen LogP contribution in [0.15, 0.2) is 92.4 Å². The van der Waals surface area contributed by atoms with Gasteiger partial charge >= 0.3 is 0 Å². The van der Waals surface area contributed by atoms with Crippen molar-refractivity contribution >= 4 is 48.0 Å². The van der Waals surface area contributed by atoms with Gasteiger partial charge in [0.1, 0.15) is 5.82 Å². The van der Waals surface area contributed by atoms with Gasteiger partial charge < -0.3 is 28.3 Å². The van der Waals surface area contributed by atoms with Gasteiger partial charge in [0.15, 0.2) is 0 Å². The molecule has 1 aromatic carbocycles. The average Bonchev–Trinajstić information content (AvgIpc) is 3.69. The van der Waals surface area contributed by atoms with Gasteiger partial charge in [0.25, 0.3) is 0 Å². The maximum Gasteiger partial charge on any atom is 0.212 e. The fourth-order valence-corrected chi connectivity index (χ4v) is 3.74. The van der Waals surface area contributed by atoms with E-state index in [1.54, 1.807) is 31.9 Å². The zero-order valence-electron chi connectivity index (χ0n) is 37.9. The molecule has 0 bridgehead atoms. The Hall–Kier alpha value is -6.06. The van der Waals surface area contributed by atoms with Gasteiger partial charge in [0.05, 0.1) is 6.54 Å². The molecule has 2 aromatic heterocycles. The smallest absolute Gasteiger partial charge is 0.212 e. The number of anilines is 2. The number of rotatable bonds is 9. The van der Waals surface area contributed by atoms with Crippen LogP contribution in [0.5, 0.6) is 0 Å². The first-order chi connectivity index (χ1) is 27.8. The number of hydrogen-bond donors (Lipinski definition) is 9. The van der Waals surface area contributed by atoms with Crippen LogP contribution in [0.1, 0.15) is 170 Å². The Morgan fingerprint density at radius 1 is 0.652 bits per heavy atom. The Bertz CT molecular complexity index is 1610. The van der Waals surface area contributed by atoms with Crippen LogP contribution in [0.4, 0.5) is 11.5 Å². The third-order valence-corrected chi connectivity index (χ3v) is 6.97.